The number of aryl methyl sites for hydroxylation is 1. The SMILES string of the molecule is Cc1noc(/C=C/c2ccc(F)cc2F)c1S(=O)(=O)N1CCC(C(=O)Nc2ccc(CN3CCCCC3)cc2)CC1. The molecule has 1 amide bonds. The van der Waals surface area contributed by atoms with E-state index in [0.717, 1.165) is 37.5 Å². The van der Waals surface area contributed by atoms with Gasteiger partial charge in [-0.15, -0.1) is 0 Å². The number of piperidine rings is 2. The Kier molecular flexibility index (Phi) is 8.96. The smallest absolute Gasteiger partial charge is 0.248 e. The third-order valence-electron chi connectivity index (χ3n) is 7.71. The van der Waals surface area contributed by atoms with Gasteiger partial charge in [-0.25, -0.2) is 17.2 Å². The van der Waals surface area contributed by atoms with Crippen molar-refractivity contribution in [3.63, 3.8) is 0 Å². The Hall–Kier alpha value is -3.41. The van der Waals surface area contributed by atoms with E-state index in [2.05, 4.69) is 15.4 Å². The van der Waals surface area contributed by atoms with E-state index in [1.807, 2.05) is 24.3 Å². The molecule has 0 bridgehead atoms. The number of aromatic nitrogens is 1. The lowest BCUT2D eigenvalue weighted by atomic mass is 9.97. The van der Waals surface area contributed by atoms with E-state index < -0.39 is 21.7 Å². The number of nitrogens with zero attached hydrogens (tertiary/aromatic N) is 3. The van der Waals surface area contributed by atoms with Crippen molar-refractivity contribution in [2.75, 3.05) is 31.5 Å². The number of carbonyl (C=O) groups excluding carboxylic acids is 1. The van der Waals surface area contributed by atoms with E-state index in [-0.39, 0.29) is 46.8 Å². The Morgan fingerprint density at radius 2 is 1.73 bits per heavy atom. The molecule has 0 atom stereocenters. The number of nitrogens with one attached hydrogen (secondary N) is 1. The van der Waals surface area contributed by atoms with Crippen molar-refractivity contribution in [3.05, 3.63) is 76.7 Å². The highest BCUT2D eigenvalue weighted by Crippen LogP contribution is 2.30. The van der Waals surface area contributed by atoms with Gasteiger partial charge in [0.25, 0.3) is 0 Å². The molecule has 218 valence electrons. The summed E-state index contributed by atoms with van der Waals surface area (Å²) in [6.07, 6.45) is 7.13. The fourth-order valence-electron chi connectivity index (χ4n) is 5.40. The lowest BCUT2D eigenvalue weighted by Crippen LogP contribution is -2.41. The largest absolute Gasteiger partial charge is 0.355 e. The highest BCUT2D eigenvalue weighted by atomic mass is 32.2. The van der Waals surface area contributed by atoms with Gasteiger partial charge < -0.3 is 9.84 Å². The minimum atomic E-state index is -3.99. The summed E-state index contributed by atoms with van der Waals surface area (Å²) in [5.74, 6) is -1.99. The standard InChI is InChI=1S/C30H34F2N4O4S/c1-21-29(28(40-34-21)12-8-23-7-9-25(31)19-27(23)32)41(38,39)36-17-13-24(14-18-36)30(37)33-26-10-5-22(6-11-26)20-35-15-3-2-4-16-35/h5-12,19,24H,2-4,13-18,20H2,1H3,(H,33,37)/b12-8+. The summed E-state index contributed by atoms with van der Waals surface area (Å²) in [4.78, 5) is 15.3. The van der Waals surface area contributed by atoms with Crippen LogP contribution in [-0.2, 0) is 21.4 Å². The maximum absolute atomic E-state index is 14.0. The van der Waals surface area contributed by atoms with Gasteiger partial charge in [-0.1, -0.05) is 23.7 Å². The van der Waals surface area contributed by atoms with Gasteiger partial charge in [-0.05, 0) is 87.7 Å². The molecule has 0 spiro atoms. The molecular formula is C30H34F2N4O4S. The molecule has 2 aliphatic rings. The van der Waals surface area contributed by atoms with Gasteiger partial charge in [0.1, 0.15) is 17.3 Å². The van der Waals surface area contributed by atoms with Gasteiger partial charge in [0, 0.05) is 42.9 Å². The zero-order valence-corrected chi connectivity index (χ0v) is 23.8. The molecule has 2 aliphatic heterocycles. The van der Waals surface area contributed by atoms with Crippen molar-refractivity contribution in [1.82, 2.24) is 14.4 Å². The first kappa shape index (κ1) is 29.1. The average molecular weight is 585 g/mol. The van der Waals surface area contributed by atoms with Crippen LogP contribution in [0.2, 0.25) is 0 Å². The second-order valence-electron chi connectivity index (χ2n) is 10.7. The monoisotopic (exact) mass is 584 g/mol. The Balaban J connectivity index is 1.18. The molecule has 0 saturated carbocycles. The Labute approximate surface area is 239 Å². The van der Waals surface area contributed by atoms with Crippen LogP contribution in [0.25, 0.3) is 12.2 Å². The maximum atomic E-state index is 14.0. The average Bonchev–Trinajstić information content (AvgIpc) is 3.35. The molecule has 0 radical (unpaired) electrons. The fraction of sp³-hybridized carbons (Fsp3) is 0.400. The lowest BCUT2D eigenvalue weighted by Gasteiger charge is -2.30. The number of rotatable bonds is 8. The van der Waals surface area contributed by atoms with E-state index in [4.69, 9.17) is 4.52 Å². The minimum absolute atomic E-state index is 0.0465. The molecule has 11 heteroatoms. The van der Waals surface area contributed by atoms with Crippen LogP contribution in [0.3, 0.4) is 0 Å². The van der Waals surface area contributed by atoms with E-state index >= 15 is 0 Å². The molecule has 0 unspecified atom stereocenters. The molecule has 1 aromatic heterocycles. The lowest BCUT2D eigenvalue weighted by molar-refractivity contribution is -0.120. The summed E-state index contributed by atoms with van der Waals surface area (Å²) in [5, 5.41) is 6.78. The number of benzene rings is 2. The normalized spacial score (nSPS) is 17.7. The van der Waals surface area contributed by atoms with Gasteiger partial charge in [-0.3, -0.25) is 9.69 Å². The second kappa shape index (κ2) is 12.6. The first-order valence-electron chi connectivity index (χ1n) is 13.9. The van der Waals surface area contributed by atoms with Gasteiger partial charge in [0.2, 0.25) is 15.9 Å². The van der Waals surface area contributed by atoms with Gasteiger partial charge in [-0.2, -0.15) is 4.31 Å². The van der Waals surface area contributed by atoms with E-state index in [0.29, 0.717) is 12.8 Å². The van der Waals surface area contributed by atoms with Gasteiger partial charge in [0.05, 0.1) is 0 Å². The van der Waals surface area contributed by atoms with E-state index in [9.17, 15) is 22.0 Å². The van der Waals surface area contributed by atoms with Crippen molar-refractivity contribution >= 4 is 33.8 Å². The molecule has 1 N–H and O–H groups in total. The minimum Gasteiger partial charge on any atom is -0.355 e. The summed E-state index contributed by atoms with van der Waals surface area (Å²) in [5.41, 5.74) is 2.19. The zero-order valence-electron chi connectivity index (χ0n) is 23.0. The zero-order chi connectivity index (χ0) is 29.0. The third-order valence-corrected chi connectivity index (χ3v) is 9.77. The van der Waals surface area contributed by atoms with Crippen LogP contribution in [0.5, 0.6) is 0 Å². The van der Waals surface area contributed by atoms with Crippen molar-refractivity contribution in [2.45, 2.75) is 50.5 Å². The third kappa shape index (κ3) is 6.91. The molecular weight excluding hydrogens is 550 g/mol. The molecule has 5 rings (SSSR count). The van der Waals surface area contributed by atoms with Crippen LogP contribution < -0.4 is 5.32 Å². The molecule has 2 aromatic carbocycles. The summed E-state index contributed by atoms with van der Waals surface area (Å²) < 4.78 is 60.8. The van der Waals surface area contributed by atoms with Gasteiger partial charge in [0.15, 0.2) is 10.7 Å². The molecule has 2 saturated heterocycles. The summed E-state index contributed by atoms with van der Waals surface area (Å²) >= 11 is 0. The van der Waals surface area contributed by atoms with Crippen molar-refractivity contribution in [1.29, 1.82) is 0 Å². The Morgan fingerprint density at radius 3 is 2.41 bits per heavy atom. The Morgan fingerprint density at radius 1 is 1.02 bits per heavy atom. The van der Waals surface area contributed by atoms with Crippen molar-refractivity contribution in [3.8, 4) is 0 Å². The number of amides is 1. The molecule has 8 nitrogen and oxygen atoms in total. The topological polar surface area (TPSA) is 95.8 Å². The second-order valence-corrected chi connectivity index (χ2v) is 12.5. The molecule has 41 heavy (non-hydrogen) atoms. The van der Waals surface area contributed by atoms with E-state index in [1.165, 1.54) is 54.3 Å². The first-order valence-corrected chi connectivity index (χ1v) is 15.4. The quantitative estimate of drug-likeness (QED) is 0.378. The summed E-state index contributed by atoms with van der Waals surface area (Å²) in [6.45, 7) is 5.00. The van der Waals surface area contributed by atoms with Gasteiger partial charge >= 0.3 is 0 Å². The molecule has 3 heterocycles. The number of halogens is 2. The highest BCUT2D eigenvalue weighted by molar-refractivity contribution is 7.89. The number of likely N-dealkylation sites (tertiary alicyclic amines) is 1. The first-order chi connectivity index (χ1) is 19.7. The van der Waals surface area contributed by atoms with Crippen molar-refractivity contribution in [2.24, 2.45) is 5.92 Å². The number of hydrogen-bond donors (Lipinski definition) is 1. The van der Waals surface area contributed by atoms with Crippen molar-refractivity contribution < 1.29 is 26.5 Å². The van der Waals surface area contributed by atoms with Crippen LogP contribution in [0.15, 0.2) is 51.9 Å². The number of hydrogen-bond acceptors (Lipinski definition) is 6. The number of anilines is 1. The maximum Gasteiger partial charge on any atom is 0.248 e. The molecule has 2 fully saturated rings. The number of sulfonamides is 1. The Bertz CT molecular complexity index is 1510. The van der Waals surface area contributed by atoms with Crippen LogP contribution in [0.4, 0.5) is 14.5 Å². The predicted octanol–water partition coefficient (Wildman–Crippen LogP) is 5.46. The van der Waals surface area contributed by atoms with Crippen LogP contribution in [0.1, 0.15) is 54.7 Å². The molecule has 0 aliphatic carbocycles. The van der Waals surface area contributed by atoms with Crippen LogP contribution >= 0.6 is 0 Å². The van der Waals surface area contributed by atoms with Crippen LogP contribution in [0, 0.1) is 24.5 Å². The summed E-state index contributed by atoms with van der Waals surface area (Å²) in [6, 6.07) is 11.0. The summed E-state index contributed by atoms with van der Waals surface area (Å²) in [7, 11) is -3.99. The van der Waals surface area contributed by atoms with Crippen LogP contribution in [-0.4, -0.2) is 54.9 Å². The predicted molar refractivity (Wildman–Crippen MR) is 152 cm³/mol. The number of carbonyl (C=O) groups is 1. The fourth-order valence-corrected chi connectivity index (χ4v) is 7.12. The van der Waals surface area contributed by atoms with E-state index in [1.54, 1.807) is 0 Å². The highest BCUT2D eigenvalue weighted by Gasteiger charge is 2.36. The molecule has 3 aromatic rings.